The van der Waals surface area contributed by atoms with E-state index < -0.39 is 17.2 Å². The molecule has 1 aliphatic carbocycles. The Bertz CT molecular complexity index is 1250. The van der Waals surface area contributed by atoms with Crippen LogP contribution in [0.5, 0.6) is 0 Å². The fourth-order valence-corrected chi connectivity index (χ4v) is 4.64. The van der Waals surface area contributed by atoms with Crippen molar-refractivity contribution in [1.29, 1.82) is 0 Å². The molecular formula is C24H22N2O4. The summed E-state index contributed by atoms with van der Waals surface area (Å²) in [6.07, 6.45) is 2.62. The van der Waals surface area contributed by atoms with Gasteiger partial charge in [-0.1, -0.05) is 43.3 Å². The predicted octanol–water partition coefficient (Wildman–Crippen LogP) is 3.33. The fourth-order valence-electron chi connectivity index (χ4n) is 4.64. The van der Waals surface area contributed by atoms with E-state index in [-0.39, 0.29) is 12.5 Å². The number of amides is 3. The quantitative estimate of drug-likeness (QED) is 0.538. The van der Waals surface area contributed by atoms with Crippen LogP contribution in [0.3, 0.4) is 0 Å². The number of urea groups is 1. The summed E-state index contributed by atoms with van der Waals surface area (Å²) in [4.78, 5) is 39.5. The highest BCUT2D eigenvalue weighted by atomic mass is 16.4. The Kier molecular flexibility index (Phi) is 4.24. The van der Waals surface area contributed by atoms with Crippen LogP contribution >= 0.6 is 0 Å². The predicted molar refractivity (Wildman–Crippen MR) is 112 cm³/mol. The van der Waals surface area contributed by atoms with Crippen molar-refractivity contribution in [3.05, 3.63) is 81.2 Å². The van der Waals surface area contributed by atoms with Crippen LogP contribution in [0.1, 0.15) is 35.6 Å². The first-order valence-electron chi connectivity index (χ1n) is 10.3. The zero-order valence-electron chi connectivity index (χ0n) is 16.7. The molecule has 152 valence electrons. The van der Waals surface area contributed by atoms with Gasteiger partial charge in [-0.3, -0.25) is 9.69 Å². The summed E-state index contributed by atoms with van der Waals surface area (Å²) < 4.78 is 5.35. The molecule has 1 N–H and O–H groups in total. The molecule has 0 saturated carbocycles. The summed E-state index contributed by atoms with van der Waals surface area (Å²) in [6, 6.07) is 14.7. The number of nitrogens with one attached hydrogen (secondary N) is 1. The maximum atomic E-state index is 13.4. The van der Waals surface area contributed by atoms with Gasteiger partial charge in [0.25, 0.3) is 5.91 Å². The van der Waals surface area contributed by atoms with Crippen LogP contribution in [-0.4, -0.2) is 22.4 Å². The molecule has 5 rings (SSSR count). The standard InChI is InChI=1S/C24H22N2O4/c1-2-15-7-8-19-18(12-21(27)30-20(19)11-15)14-26-22(28)24(25-23(26)29)10-9-16-5-3-4-6-17(16)13-24/h3-8,11-12H,2,9-10,13-14H2,1H3,(H,25,29). The number of imide groups is 1. The number of hydrogen-bond donors (Lipinski definition) is 1. The summed E-state index contributed by atoms with van der Waals surface area (Å²) in [5.74, 6) is -0.228. The summed E-state index contributed by atoms with van der Waals surface area (Å²) in [7, 11) is 0. The van der Waals surface area contributed by atoms with Crippen LogP contribution in [0.4, 0.5) is 4.79 Å². The van der Waals surface area contributed by atoms with Gasteiger partial charge in [-0.15, -0.1) is 0 Å². The van der Waals surface area contributed by atoms with Crippen LogP contribution in [0.25, 0.3) is 11.0 Å². The summed E-state index contributed by atoms with van der Waals surface area (Å²) >= 11 is 0. The van der Waals surface area contributed by atoms with Gasteiger partial charge in [0.1, 0.15) is 11.1 Å². The van der Waals surface area contributed by atoms with Gasteiger partial charge in [0.15, 0.2) is 0 Å². The molecule has 3 amide bonds. The molecule has 1 fully saturated rings. The molecule has 1 spiro atoms. The smallest absolute Gasteiger partial charge is 0.336 e. The zero-order valence-corrected chi connectivity index (χ0v) is 16.7. The monoisotopic (exact) mass is 402 g/mol. The Hall–Kier alpha value is -3.41. The Morgan fingerprint density at radius 3 is 2.67 bits per heavy atom. The molecule has 0 radical (unpaired) electrons. The first kappa shape index (κ1) is 18.6. The lowest BCUT2D eigenvalue weighted by Crippen LogP contribution is -2.51. The van der Waals surface area contributed by atoms with Crippen LogP contribution in [0.15, 0.2) is 57.7 Å². The maximum Gasteiger partial charge on any atom is 0.336 e. The molecule has 2 aliphatic rings. The molecule has 0 bridgehead atoms. The molecule has 1 saturated heterocycles. The molecule has 1 unspecified atom stereocenters. The second-order valence-corrected chi connectivity index (χ2v) is 8.12. The van der Waals surface area contributed by atoms with E-state index in [4.69, 9.17) is 4.42 Å². The number of rotatable bonds is 3. The molecule has 6 nitrogen and oxygen atoms in total. The third-order valence-electron chi connectivity index (χ3n) is 6.31. The molecule has 1 aliphatic heterocycles. The van der Waals surface area contributed by atoms with E-state index in [9.17, 15) is 14.4 Å². The van der Waals surface area contributed by atoms with Crippen molar-refractivity contribution in [2.75, 3.05) is 0 Å². The molecular weight excluding hydrogens is 380 g/mol. The number of carbonyl (C=O) groups excluding carboxylic acids is 2. The van der Waals surface area contributed by atoms with Gasteiger partial charge < -0.3 is 9.73 Å². The van der Waals surface area contributed by atoms with Crippen molar-refractivity contribution < 1.29 is 14.0 Å². The second-order valence-electron chi connectivity index (χ2n) is 8.12. The SMILES string of the molecule is CCc1ccc2c(CN3C(=O)NC4(CCc5ccccc5C4)C3=O)cc(=O)oc2c1. The molecule has 1 atom stereocenters. The fraction of sp³-hybridized carbons (Fsp3) is 0.292. The Morgan fingerprint density at radius 1 is 1.07 bits per heavy atom. The number of aryl methyl sites for hydroxylation is 2. The number of fused-ring (bicyclic) bond motifs is 2. The third kappa shape index (κ3) is 2.91. The number of nitrogens with zero attached hydrogens (tertiary/aromatic N) is 1. The topological polar surface area (TPSA) is 79.6 Å². The summed E-state index contributed by atoms with van der Waals surface area (Å²) in [5.41, 5.74) is 3.07. The van der Waals surface area contributed by atoms with Crippen molar-refractivity contribution in [2.24, 2.45) is 0 Å². The lowest BCUT2D eigenvalue weighted by atomic mass is 9.78. The number of hydrogen-bond acceptors (Lipinski definition) is 4. The highest BCUT2D eigenvalue weighted by Crippen LogP contribution is 2.34. The van der Waals surface area contributed by atoms with Gasteiger partial charge in [0.05, 0.1) is 6.54 Å². The van der Waals surface area contributed by atoms with E-state index >= 15 is 0 Å². The Labute approximate surface area is 173 Å². The van der Waals surface area contributed by atoms with Crippen LogP contribution < -0.4 is 10.9 Å². The van der Waals surface area contributed by atoms with Crippen molar-refractivity contribution in [2.45, 2.75) is 44.7 Å². The van der Waals surface area contributed by atoms with E-state index in [2.05, 4.69) is 11.4 Å². The van der Waals surface area contributed by atoms with Gasteiger partial charge in [0.2, 0.25) is 0 Å². The molecule has 3 aromatic rings. The molecule has 2 heterocycles. The normalized spacial score (nSPS) is 20.6. The number of benzene rings is 2. The average molecular weight is 402 g/mol. The summed E-state index contributed by atoms with van der Waals surface area (Å²) in [6.45, 7) is 2.07. The van der Waals surface area contributed by atoms with Gasteiger partial charge in [-0.2, -0.15) is 0 Å². The van der Waals surface area contributed by atoms with Crippen LogP contribution in [-0.2, 0) is 30.6 Å². The minimum Gasteiger partial charge on any atom is -0.423 e. The summed E-state index contributed by atoms with van der Waals surface area (Å²) in [5, 5.41) is 3.69. The molecule has 2 aromatic carbocycles. The second kappa shape index (κ2) is 6.83. The first-order valence-corrected chi connectivity index (χ1v) is 10.3. The number of carbonyl (C=O) groups is 2. The van der Waals surface area contributed by atoms with Crippen molar-refractivity contribution in [3.63, 3.8) is 0 Å². The Balaban J connectivity index is 1.49. The first-order chi connectivity index (χ1) is 14.5. The van der Waals surface area contributed by atoms with E-state index in [1.54, 1.807) is 0 Å². The highest BCUT2D eigenvalue weighted by Gasteiger charge is 2.52. The average Bonchev–Trinajstić information content (AvgIpc) is 2.96. The van der Waals surface area contributed by atoms with E-state index in [0.717, 1.165) is 29.4 Å². The molecule has 30 heavy (non-hydrogen) atoms. The van der Waals surface area contributed by atoms with Crippen molar-refractivity contribution >= 4 is 22.9 Å². The minimum absolute atomic E-state index is 0.0433. The zero-order chi connectivity index (χ0) is 20.9. The minimum atomic E-state index is -0.907. The third-order valence-corrected chi connectivity index (χ3v) is 6.31. The lowest BCUT2D eigenvalue weighted by Gasteiger charge is -2.32. The maximum absolute atomic E-state index is 13.4. The lowest BCUT2D eigenvalue weighted by molar-refractivity contribution is -0.132. The van der Waals surface area contributed by atoms with Crippen molar-refractivity contribution in [3.8, 4) is 0 Å². The van der Waals surface area contributed by atoms with Gasteiger partial charge in [-0.05, 0) is 47.6 Å². The van der Waals surface area contributed by atoms with E-state index in [1.165, 1.54) is 16.5 Å². The molecule has 1 aromatic heterocycles. The largest absolute Gasteiger partial charge is 0.423 e. The Morgan fingerprint density at radius 2 is 1.87 bits per heavy atom. The highest BCUT2D eigenvalue weighted by molar-refractivity contribution is 6.07. The van der Waals surface area contributed by atoms with Gasteiger partial charge in [-0.25, -0.2) is 9.59 Å². The van der Waals surface area contributed by atoms with Gasteiger partial charge >= 0.3 is 11.7 Å². The van der Waals surface area contributed by atoms with Crippen LogP contribution in [0.2, 0.25) is 0 Å². The van der Waals surface area contributed by atoms with Crippen LogP contribution in [0, 0.1) is 0 Å². The van der Waals surface area contributed by atoms with Gasteiger partial charge in [0, 0.05) is 17.9 Å². The van der Waals surface area contributed by atoms with Crippen molar-refractivity contribution in [1.82, 2.24) is 10.2 Å². The molecule has 6 heteroatoms. The van der Waals surface area contributed by atoms with E-state index in [0.29, 0.717) is 24.0 Å². The van der Waals surface area contributed by atoms with E-state index in [1.807, 2.05) is 43.3 Å².